The van der Waals surface area contributed by atoms with Crippen molar-refractivity contribution in [2.75, 3.05) is 5.73 Å². The lowest BCUT2D eigenvalue weighted by Gasteiger charge is -1.99. The fourth-order valence-electron chi connectivity index (χ4n) is 0.710. The zero-order chi connectivity index (χ0) is 9.30. The molecule has 0 atom stereocenters. The molecule has 0 heterocycles. The summed E-state index contributed by atoms with van der Waals surface area (Å²) in [7, 11) is 0. The number of benzene rings is 1. The lowest BCUT2D eigenvalue weighted by Crippen LogP contribution is -1.97. The molecule has 0 saturated carbocycles. The zero-order valence-electron chi connectivity index (χ0n) is 5.75. The number of nitrogens with two attached hydrogens (primary N) is 1. The Labute approximate surface area is 95.9 Å². The van der Waals surface area contributed by atoms with Crippen LogP contribution in [0, 0.1) is 17.3 Å². The van der Waals surface area contributed by atoms with Crippen LogP contribution in [0.2, 0.25) is 0 Å². The Morgan fingerprint density at radius 1 is 1.33 bits per heavy atom. The van der Waals surface area contributed by atoms with Crippen LogP contribution in [0.25, 0.3) is 0 Å². The third-order valence-electron chi connectivity index (χ3n) is 1.27. The normalized spacial score (nSPS) is 9.83. The molecule has 0 bridgehead atoms. The second kappa shape index (κ2) is 3.73. The minimum atomic E-state index is -0.479. The summed E-state index contributed by atoms with van der Waals surface area (Å²) >= 11 is 4.11. The maximum Gasteiger partial charge on any atom is 0.293 e. The first-order chi connectivity index (χ1) is 5.52. The number of hydrogen-bond donors (Lipinski definition) is 1. The molecule has 1 aromatic rings. The van der Waals surface area contributed by atoms with E-state index >= 15 is 0 Å². The van der Waals surface area contributed by atoms with Crippen molar-refractivity contribution < 1.29 is 4.92 Å². The molecule has 0 aliphatic carbocycles. The summed E-state index contributed by atoms with van der Waals surface area (Å²) in [5.74, 6) is 0. The van der Waals surface area contributed by atoms with Crippen LogP contribution in [0.4, 0.5) is 11.4 Å². The lowest BCUT2D eigenvalue weighted by atomic mass is 10.3. The van der Waals surface area contributed by atoms with Crippen LogP contribution in [-0.4, -0.2) is 4.92 Å². The maximum atomic E-state index is 10.4. The number of nitrogens with zero attached hydrogens (tertiary/aromatic N) is 1. The SMILES string of the molecule is Nc1cc(I)c(I)cc1[N+](=O)[O-]. The Morgan fingerprint density at radius 2 is 1.83 bits per heavy atom. The molecule has 0 amide bonds. The van der Waals surface area contributed by atoms with Crippen molar-refractivity contribution in [2.45, 2.75) is 0 Å². The van der Waals surface area contributed by atoms with Crippen LogP contribution >= 0.6 is 45.2 Å². The summed E-state index contributed by atoms with van der Waals surface area (Å²) in [5, 5.41) is 10.4. The van der Waals surface area contributed by atoms with Crippen molar-refractivity contribution in [1.82, 2.24) is 0 Å². The molecular formula is C6H4I2N2O2. The second-order valence-corrected chi connectivity index (χ2v) is 4.41. The number of rotatable bonds is 1. The first-order valence-corrected chi connectivity index (χ1v) is 5.07. The Bertz CT molecular complexity index is 341. The van der Waals surface area contributed by atoms with Gasteiger partial charge in [-0.05, 0) is 51.2 Å². The molecule has 0 spiro atoms. The minimum absolute atomic E-state index is 0.0279. The largest absolute Gasteiger partial charge is 0.393 e. The van der Waals surface area contributed by atoms with E-state index in [-0.39, 0.29) is 11.4 Å². The molecule has 0 radical (unpaired) electrons. The lowest BCUT2D eigenvalue weighted by molar-refractivity contribution is -0.384. The third-order valence-corrected chi connectivity index (χ3v) is 4.08. The molecule has 6 heteroatoms. The topological polar surface area (TPSA) is 69.2 Å². The number of anilines is 1. The zero-order valence-corrected chi connectivity index (χ0v) is 10.1. The molecule has 0 aromatic heterocycles. The van der Waals surface area contributed by atoms with Gasteiger partial charge in [-0.3, -0.25) is 10.1 Å². The van der Waals surface area contributed by atoms with Crippen molar-refractivity contribution >= 4 is 56.6 Å². The summed E-state index contributed by atoms with van der Waals surface area (Å²) in [6.07, 6.45) is 0. The van der Waals surface area contributed by atoms with Crippen molar-refractivity contribution in [3.8, 4) is 0 Å². The van der Waals surface area contributed by atoms with E-state index in [0.29, 0.717) is 0 Å². The van der Waals surface area contributed by atoms with Gasteiger partial charge in [0.05, 0.1) is 4.92 Å². The Kier molecular flexibility index (Phi) is 3.09. The van der Waals surface area contributed by atoms with E-state index in [2.05, 4.69) is 22.6 Å². The average Bonchev–Trinajstić information content (AvgIpc) is 1.96. The molecule has 0 aliphatic heterocycles. The van der Waals surface area contributed by atoms with Crippen LogP contribution < -0.4 is 5.73 Å². The van der Waals surface area contributed by atoms with Crippen molar-refractivity contribution in [3.63, 3.8) is 0 Å². The molecule has 0 fully saturated rings. The number of halogens is 2. The highest BCUT2D eigenvalue weighted by Crippen LogP contribution is 2.27. The predicted octanol–water partition coefficient (Wildman–Crippen LogP) is 2.39. The van der Waals surface area contributed by atoms with E-state index in [1.54, 1.807) is 6.07 Å². The number of nitro benzene ring substituents is 1. The highest BCUT2D eigenvalue weighted by atomic mass is 127. The summed E-state index contributed by atoms with van der Waals surface area (Å²) in [4.78, 5) is 9.93. The summed E-state index contributed by atoms with van der Waals surface area (Å²) in [6, 6.07) is 3.07. The van der Waals surface area contributed by atoms with Crippen LogP contribution in [0.1, 0.15) is 0 Å². The predicted molar refractivity (Wildman–Crippen MR) is 62.9 cm³/mol. The van der Waals surface area contributed by atoms with Gasteiger partial charge in [-0.25, -0.2) is 0 Å². The highest BCUT2D eigenvalue weighted by molar-refractivity contribution is 14.1. The molecule has 0 aliphatic rings. The van der Waals surface area contributed by atoms with Crippen LogP contribution in [0.15, 0.2) is 12.1 Å². The van der Waals surface area contributed by atoms with Gasteiger partial charge in [0, 0.05) is 13.2 Å². The van der Waals surface area contributed by atoms with E-state index < -0.39 is 4.92 Å². The van der Waals surface area contributed by atoms with Gasteiger partial charge < -0.3 is 5.73 Å². The van der Waals surface area contributed by atoms with Gasteiger partial charge in [-0.2, -0.15) is 0 Å². The van der Waals surface area contributed by atoms with Crippen LogP contribution in [-0.2, 0) is 0 Å². The highest BCUT2D eigenvalue weighted by Gasteiger charge is 2.13. The molecule has 1 aromatic carbocycles. The van der Waals surface area contributed by atoms with E-state index in [1.165, 1.54) is 6.07 Å². The number of nitrogen functional groups attached to an aromatic ring is 1. The van der Waals surface area contributed by atoms with Crippen molar-refractivity contribution in [1.29, 1.82) is 0 Å². The van der Waals surface area contributed by atoms with Gasteiger partial charge in [0.15, 0.2) is 0 Å². The number of nitro groups is 1. The fraction of sp³-hybridized carbons (Fsp3) is 0. The Morgan fingerprint density at radius 3 is 2.33 bits per heavy atom. The van der Waals surface area contributed by atoms with E-state index in [0.717, 1.165) is 7.14 Å². The van der Waals surface area contributed by atoms with Gasteiger partial charge in [0.2, 0.25) is 0 Å². The molecule has 4 nitrogen and oxygen atoms in total. The molecule has 1 rings (SSSR count). The Balaban J connectivity index is 3.33. The summed E-state index contributed by atoms with van der Waals surface area (Å²) in [5.41, 5.74) is 5.63. The molecule has 64 valence electrons. The third kappa shape index (κ3) is 1.97. The van der Waals surface area contributed by atoms with E-state index in [4.69, 9.17) is 5.73 Å². The van der Waals surface area contributed by atoms with Crippen molar-refractivity contribution in [3.05, 3.63) is 29.4 Å². The maximum absolute atomic E-state index is 10.4. The van der Waals surface area contributed by atoms with Crippen LogP contribution in [0.5, 0.6) is 0 Å². The van der Waals surface area contributed by atoms with Crippen LogP contribution in [0.3, 0.4) is 0 Å². The smallest absolute Gasteiger partial charge is 0.293 e. The Hall–Kier alpha value is -0.120. The molecule has 0 unspecified atom stereocenters. The van der Waals surface area contributed by atoms with Gasteiger partial charge in [-0.1, -0.05) is 0 Å². The van der Waals surface area contributed by atoms with E-state index in [9.17, 15) is 10.1 Å². The molecule has 0 saturated heterocycles. The quantitative estimate of drug-likeness (QED) is 0.347. The molecule has 2 N–H and O–H groups in total. The average molecular weight is 390 g/mol. The number of hydrogen-bond acceptors (Lipinski definition) is 3. The standard InChI is InChI=1S/C6H4I2N2O2/c7-3-1-5(9)6(10(11)12)2-4(3)8/h1-2H,9H2. The monoisotopic (exact) mass is 390 g/mol. The fourth-order valence-corrected chi connectivity index (χ4v) is 1.65. The van der Waals surface area contributed by atoms with Gasteiger partial charge in [0.1, 0.15) is 5.69 Å². The van der Waals surface area contributed by atoms with E-state index in [1.807, 2.05) is 22.6 Å². The molecular weight excluding hydrogens is 386 g/mol. The first-order valence-electron chi connectivity index (χ1n) is 2.91. The summed E-state index contributed by atoms with van der Waals surface area (Å²) in [6.45, 7) is 0. The van der Waals surface area contributed by atoms with Gasteiger partial charge in [0.25, 0.3) is 5.69 Å². The minimum Gasteiger partial charge on any atom is -0.393 e. The van der Waals surface area contributed by atoms with Crippen molar-refractivity contribution in [2.24, 2.45) is 0 Å². The first kappa shape index (κ1) is 9.96. The molecule has 12 heavy (non-hydrogen) atoms. The summed E-state index contributed by atoms with van der Waals surface area (Å²) < 4.78 is 1.77. The second-order valence-electron chi connectivity index (χ2n) is 2.08. The van der Waals surface area contributed by atoms with Gasteiger partial charge >= 0.3 is 0 Å². The van der Waals surface area contributed by atoms with Gasteiger partial charge in [-0.15, -0.1) is 0 Å².